The fourth-order valence-corrected chi connectivity index (χ4v) is 2.84. The highest BCUT2D eigenvalue weighted by Gasteiger charge is 2.82. The van der Waals surface area contributed by atoms with E-state index in [1.54, 1.807) is 0 Å². The van der Waals surface area contributed by atoms with E-state index in [4.69, 9.17) is 0 Å². The van der Waals surface area contributed by atoms with Crippen LogP contribution in [-0.2, 0) is 5.92 Å². The number of amides is 2. The van der Waals surface area contributed by atoms with Crippen LogP contribution in [0.15, 0.2) is 30.3 Å². The predicted molar refractivity (Wildman–Crippen MR) is 75.6 cm³/mol. The van der Waals surface area contributed by atoms with Crippen molar-refractivity contribution < 1.29 is 49.1 Å². The van der Waals surface area contributed by atoms with E-state index in [1.165, 1.54) is 0 Å². The molecule has 150 valence electrons. The van der Waals surface area contributed by atoms with Gasteiger partial charge in [-0.15, -0.1) is 0 Å². The molecule has 0 saturated heterocycles. The molecule has 3 rings (SSSR count). The van der Waals surface area contributed by atoms with Gasteiger partial charge in [-0.2, -0.15) is 39.5 Å². The summed E-state index contributed by atoms with van der Waals surface area (Å²) >= 11 is 0. The maximum atomic E-state index is 14.4. The van der Waals surface area contributed by atoms with Crippen LogP contribution in [0, 0.1) is 0 Å². The number of rotatable bonds is 3. The highest BCUT2D eigenvalue weighted by Crippen LogP contribution is 2.57. The van der Waals surface area contributed by atoms with Gasteiger partial charge in [-0.3, -0.25) is 14.9 Å². The monoisotopic (exact) mass is 415 g/mol. The zero-order chi connectivity index (χ0) is 21.3. The van der Waals surface area contributed by atoms with Crippen LogP contribution in [0.1, 0.15) is 26.3 Å². The van der Waals surface area contributed by atoms with E-state index in [9.17, 15) is 49.1 Å². The quantitative estimate of drug-likeness (QED) is 0.586. The minimum atomic E-state index is -7.06. The molecule has 28 heavy (non-hydrogen) atoms. The number of halogens is 9. The van der Waals surface area contributed by atoms with Gasteiger partial charge in [-0.1, -0.05) is 18.2 Å². The van der Waals surface area contributed by atoms with Crippen LogP contribution >= 0.6 is 0 Å². The fourth-order valence-electron chi connectivity index (χ4n) is 2.84. The third-order valence-electron chi connectivity index (χ3n) is 4.24. The van der Waals surface area contributed by atoms with E-state index in [-0.39, 0.29) is 6.07 Å². The van der Waals surface area contributed by atoms with E-state index in [1.807, 2.05) is 5.32 Å². The summed E-state index contributed by atoms with van der Waals surface area (Å²) in [6.07, 6.45) is -6.96. The second kappa shape index (κ2) is 5.61. The number of alkyl halides is 9. The van der Waals surface area contributed by atoms with Crippen molar-refractivity contribution >= 4 is 22.6 Å². The Morgan fingerprint density at radius 3 is 1.75 bits per heavy atom. The first-order valence-corrected chi connectivity index (χ1v) is 7.26. The minimum absolute atomic E-state index is 0.150. The van der Waals surface area contributed by atoms with Crippen molar-refractivity contribution in [3.05, 3.63) is 47.0 Å². The van der Waals surface area contributed by atoms with E-state index in [2.05, 4.69) is 0 Å². The van der Waals surface area contributed by atoms with Crippen LogP contribution in [-0.4, -0.2) is 29.8 Å². The lowest BCUT2D eigenvalue weighted by atomic mass is 9.87. The molecular weight excluding hydrogens is 409 g/mol. The lowest BCUT2D eigenvalue weighted by Gasteiger charge is -2.34. The molecule has 0 radical (unpaired) electrons. The molecule has 0 unspecified atom stereocenters. The van der Waals surface area contributed by atoms with Crippen LogP contribution in [0.5, 0.6) is 0 Å². The normalized spacial score (nSPS) is 15.8. The van der Waals surface area contributed by atoms with Crippen LogP contribution in [0.25, 0.3) is 10.8 Å². The molecule has 2 amide bonds. The van der Waals surface area contributed by atoms with Gasteiger partial charge in [-0.25, -0.2) is 0 Å². The van der Waals surface area contributed by atoms with Gasteiger partial charge in [0.15, 0.2) is 0 Å². The zero-order valence-electron chi connectivity index (χ0n) is 13.1. The SMILES string of the molecule is O=C1NC(=O)c2ccc(C(F)(F)C(F)(F)C(F)(F)C(F)(F)F)c3cccc1c23. The number of imide groups is 1. The maximum Gasteiger partial charge on any atom is 0.460 e. The largest absolute Gasteiger partial charge is 0.460 e. The van der Waals surface area contributed by atoms with Crippen molar-refractivity contribution in [3.63, 3.8) is 0 Å². The maximum absolute atomic E-state index is 14.4. The third kappa shape index (κ3) is 2.39. The van der Waals surface area contributed by atoms with Gasteiger partial charge in [0.2, 0.25) is 0 Å². The summed E-state index contributed by atoms with van der Waals surface area (Å²) in [4.78, 5) is 23.6. The number of carbonyl (C=O) groups excluding carboxylic acids is 2. The Bertz CT molecular complexity index is 991. The Morgan fingerprint density at radius 1 is 0.679 bits per heavy atom. The van der Waals surface area contributed by atoms with Gasteiger partial charge in [0.1, 0.15) is 0 Å². The summed E-state index contributed by atoms with van der Waals surface area (Å²) in [5.74, 6) is -22.1. The third-order valence-corrected chi connectivity index (χ3v) is 4.24. The van der Waals surface area contributed by atoms with E-state index in [0.717, 1.165) is 12.1 Å². The molecule has 0 spiro atoms. The van der Waals surface area contributed by atoms with Gasteiger partial charge in [0, 0.05) is 22.1 Å². The van der Waals surface area contributed by atoms with Crippen molar-refractivity contribution in [2.45, 2.75) is 23.9 Å². The molecular formula is C16H6F9NO2. The summed E-state index contributed by atoms with van der Waals surface area (Å²) in [7, 11) is 0. The van der Waals surface area contributed by atoms with E-state index >= 15 is 0 Å². The molecule has 1 heterocycles. The Hall–Kier alpha value is -2.79. The van der Waals surface area contributed by atoms with E-state index in [0.29, 0.717) is 12.1 Å². The molecule has 0 atom stereocenters. The molecule has 0 aromatic heterocycles. The Kier molecular flexibility index (Phi) is 4.00. The van der Waals surface area contributed by atoms with Gasteiger partial charge in [-0.05, 0) is 17.5 Å². The van der Waals surface area contributed by atoms with Gasteiger partial charge in [0.25, 0.3) is 11.8 Å². The average Bonchev–Trinajstić information content (AvgIpc) is 2.57. The smallest absolute Gasteiger partial charge is 0.288 e. The van der Waals surface area contributed by atoms with Crippen LogP contribution < -0.4 is 5.32 Å². The first-order chi connectivity index (χ1) is 12.6. The molecule has 0 saturated carbocycles. The highest BCUT2D eigenvalue weighted by atomic mass is 19.4. The second-order valence-corrected chi connectivity index (χ2v) is 5.89. The molecule has 0 aliphatic carbocycles. The average molecular weight is 415 g/mol. The second-order valence-electron chi connectivity index (χ2n) is 5.89. The minimum Gasteiger partial charge on any atom is -0.288 e. The lowest BCUT2D eigenvalue weighted by molar-refractivity contribution is -0.399. The zero-order valence-corrected chi connectivity index (χ0v) is 13.1. The van der Waals surface area contributed by atoms with Crippen molar-refractivity contribution in [2.24, 2.45) is 0 Å². The van der Waals surface area contributed by atoms with Crippen LogP contribution in [0.3, 0.4) is 0 Å². The van der Waals surface area contributed by atoms with Gasteiger partial charge < -0.3 is 0 Å². The van der Waals surface area contributed by atoms with Crippen molar-refractivity contribution in [1.82, 2.24) is 5.32 Å². The standard InChI is InChI=1S/C16H6F9NO2/c17-13(18,14(19,20)15(21,22)16(23,24)25)9-5-4-8-10-6(9)2-1-3-7(10)11(27)26-12(8)28/h1-5H,(H,26,27,28). The molecule has 0 fully saturated rings. The Morgan fingerprint density at radius 2 is 1.21 bits per heavy atom. The molecule has 2 aromatic rings. The fraction of sp³-hybridized carbons (Fsp3) is 0.250. The molecule has 1 aliphatic rings. The number of nitrogens with one attached hydrogen (secondary N) is 1. The van der Waals surface area contributed by atoms with Crippen LogP contribution in [0.2, 0.25) is 0 Å². The Balaban J connectivity index is 2.32. The lowest BCUT2D eigenvalue weighted by Crippen LogP contribution is -2.59. The summed E-state index contributed by atoms with van der Waals surface area (Å²) in [6.45, 7) is 0. The molecule has 0 bridgehead atoms. The highest BCUT2D eigenvalue weighted by molar-refractivity contribution is 6.25. The van der Waals surface area contributed by atoms with Crippen molar-refractivity contribution in [2.75, 3.05) is 0 Å². The molecule has 3 nitrogen and oxygen atoms in total. The van der Waals surface area contributed by atoms with E-state index < -0.39 is 63.2 Å². The molecule has 1 N–H and O–H groups in total. The topological polar surface area (TPSA) is 46.2 Å². The van der Waals surface area contributed by atoms with Crippen LogP contribution in [0.4, 0.5) is 39.5 Å². The summed E-state index contributed by atoms with van der Waals surface area (Å²) in [6, 6.07) is 3.36. The first-order valence-electron chi connectivity index (χ1n) is 7.26. The predicted octanol–water partition coefficient (Wildman–Crippen LogP) is 4.65. The van der Waals surface area contributed by atoms with Gasteiger partial charge >= 0.3 is 23.9 Å². The molecule has 1 aliphatic heterocycles. The Labute approximate surface area is 149 Å². The van der Waals surface area contributed by atoms with Crippen molar-refractivity contribution in [3.8, 4) is 0 Å². The number of carbonyl (C=O) groups is 2. The van der Waals surface area contributed by atoms with Crippen molar-refractivity contribution in [1.29, 1.82) is 0 Å². The number of benzene rings is 2. The molecule has 2 aromatic carbocycles. The first kappa shape index (κ1) is 20.0. The number of hydrogen-bond donors (Lipinski definition) is 1. The summed E-state index contributed by atoms with van der Waals surface area (Å²) in [5, 5.41) is 0.360. The molecule has 12 heteroatoms. The number of hydrogen-bond acceptors (Lipinski definition) is 2. The summed E-state index contributed by atoms with van der Waals surface area (Å²) < 4.78 is 120. The van der Waals surface area contributed by atoms with Gasteiger partial charge in [0.05, 0.1) is 0 Å². The summed E-state index contributed by atoms with van der Waals surface area (Å²) in [5.41, 5.74) is -2.70.